The summed E-state index contributed by atoms with van der Waals surface area (Å²) in [6.07, 6.45) is 1.61. The van der Waals surface area contributed by atoms with Crippen LogP contribution >= 0.6 is 23.1 Å². The van der Waals surface area contributed by atoms with Gasteiger partial charge in [-0.05, 0) is 12.1 Å². The molecule has 0 atom stereocenters. The molecule has 0 aliphatic rings. The standard InChI is InChI=1S/C24H19N3O4S2/c1-2-12-25-20(29)14-32-24-26-21(15-8-4-3-5-9-15)23(33-24)27-22(30)19-13-17(28)16-10-6-7-11-18(16)31-19/h2-11,13H,1,12,14H2,(H,25,29)(H,27,30). The van der Waals surface area contributed by atoms with Crippen molar-refractivity contribution in [2.24, 2.45) is 0 Å². The Kier molecular flexibility index (Phi) is 7.01. The number of rotatable bonds is 8. The van der Waals surface area contributed by atoms with Gasteiger partial charge in [-0.3, -0.25) is 14.4 Å². The Morgan fingerprint density at radius 2 is 1.88 bits per heavy atom. The first kappa shape index (κ1) is 22.5. The molecule has 2 amide bonds. The van der Waals surface area contributed by atoms with E-state index in [1.807, 2.05) is 30.3 Å². The number of benzene rings is 2. The highest BCUT2D eigenvalue weighted by Gasteiger charge is 2.19. The third kappa shape index (κ3) is 5.39. The molecule has 2 aromatic heterocycles. The minimum atomic E-state index is -0.557. The minimum absolute atomic E-state index is 0.0934. The number of hydrogen-bond donors (Lipinski definition) is 2. The number of amides is 2. The van der Waals surface area contributed by atoms with Crippen molar-refractivity contribution in [2.45, 2.75) is 4.34 Å². The Morgan fingerprint density at radius 1 is 1.12 bits per heavy atom. The predicted octanol–water partition coefficient (Wildman–Crippen LogP) is 4.56. The van der Waals surface area contributed by atoms with E-state index < -0.39 is 5.91 Å². The SMILES string of the molecule is C=CCNC(=O)CSc1nc(-c2ccccc2)c(NC(=O)c2cc(=O)c3ccccc3o2)s1. The number of thioether (sulfide) groups is 1. The number of fused-ring (bicyclic) bond motifs is 1. The van der Waals surface area contributed by atoms with Crippen molar-refractivity contribution in [1.29, 1.82) is 0 Å². The molecule has 9 heteroatoms. The predicted molar refractivity (Wildman–Crippen MR) is 132 cm³/mol. The number of nitrogens with zero attached hydrogens (tertiary/aromatic N) is 1. The van der Waals surface area contributed by atoms with Crippen molar-refractivity contribution in [3.63, 3.8) is 0 Å². The molecule has 0 fully saturated rings. The topological polar surface area (TPSA) is 101 Å². The van der Waals surface area contributed by atoms with Gasteiger partial charge in [-0.25, -0.2) is 4.98 Å². The third-order valence-electron chi connectivity index (χ3n) is 4.51. The lowest BCUT2D eigenvalue weighted by atomic mass is 10.1. The summed E-state index contributed by atoms with van der Waals surface area (Å²) >= 11 is 2.52. The van der Waals surface area contributed by atoms with Crippen LogP contribution < -0.4 is 16.1 Å². The van der Waals surface area contributed by atoms with Gasteiger partial charge in [0, 0.05) is 18.2 Å². The van der Waals surface area contributed by atoms with Gasteiger partial charge in [0.1, 0.15) is 16.3 Å². The smallest absolute Gasteiger partial charge is 0.292 e. The molecule has 33 heavy (non-hydrogen) atoms. The quantitative estimate of drug-likeness (QED) is 0.285. The Morgan fingerprint density at radius 3 is 2.67 bits per heavy atom. The monoisotopic (exact) mass is 477 g/mol. The second kappa shape index (κ2) is 10.3. The zero-order valence-electron chi connectivity index (χ0n) is 17.4. The lowest BCUT2D eigenvalue weighted by molar-refractivity contribution is -0.118. The van der Waals surface area contributed by atoms with E-state index in [0.717, 1.165) is 5.56 Å². The van der Waals surface area contributed by atoms with Crippen LogP contribution in [0.5, 0.6) is 0 Å². The minimum Gasteiger partial charge on any atom is -0.451 e. The number of carbonyl (C=O) groups excluding carboxylic acids is 2. The fourth-order valence-corrected chi connectivity index (χ4v) is 4.87. The molecule has 0 unspecified atom stereocenters. The van der Waals surface area contributed by atoms with Crippen molar-refractivity contribution < 1.29 is 14.0 Å². The summed E-state index contributed by atoms with van der Waals surface area (Å²) in [5.74, 6) is -0.606. The highest BCUT2D eigenvalue weighted by atomic mass is 32.2. The maximum Gasteiger partial charge on any atom is 0.292 e. The Balaban J connectivity index is 1.61. The van der Waals surface area contributed by atoms with Crippen LogP contribution in [-0.2, 0) is 4.79 Å². The summed E-state index contributed by atoms with van der Waals surface area (Å²) in [5, 5.41) is 6.44. The van der Waals surface area contributed by atoms with E-state index >= 15 is 0 Å². The van der Waals surface area contributed by atoms with Gasteiger partial charge in [0.2, 0.25) is 5.91 Å². The van der Waals surface area contributed by atoms with Crippen molar-refractivity contribution in [1.82, 2.24) is 10.3 Å². The van der Waals surface area contributed by atoms with Gasteiger partial charge in [-0.15, -0.1) is 6.58 Å². The molecule has 2 N–H and O–H groups in total. The van der Waals surface area contributed by atoms with Crippen LogP contribution in [-0.4, -0.2) is 29.1 Å². The van der Waals surface area contributed by atoms with Crippen LogP contribution in [0.2, 0.25) is 0 Å². The summed E-state index contributed by atoms with van der Waals surface area (Å²) < 4.78 is 6.27. The highest BCUT2D eigenvalue weighted by molar-refractivity contribution is 8.01. The van der Waals surface area contributed by atoms with Gasteiger partial charge in [0.25, 0.3) is 5.91 Å². The maximum absolute atomic E-state index is 12.9. The molecule has 4 rings (SSSR count). The second-order valence-corrected chi connectivity index (χ2v) is 9.05. The number of nitrogens with one attached hydrogen (secondary N) is 2. The van der Waals surface area contributed by atoms with Gasteiger partial charge in [-0.2, -0.15) is 0 Å². The van der Waals surface area contributed by atoms with Gasteiger partial charge >= 0.3 is 0 Å². The first-order valence-corrected chi connectivity index (χ1v) is 11.8. The summed E-state index contributed by atoms with van der Waals surface area (Å²) in [4.78, 5) is 41.9. The average Bonchev–Trinajstić information content (AvgIpc) is 3.24. The average molecular weight is 478 g/mol. The van der Waals surface area contributed by atoms with Crippen LogP contribution in [0.15, 0.2) is 86.9 Å². The Hall–Kier alpha value is -3.69. The molecule has 0 saturated carbocycles. The molecule has 0 saturated heterocycles. The van der Waals surface area contributed by atoms with Gasteiger partial charge < -0.3 is 15.1 Å². The van der Waals surface area contributed by atoms with E-state index in [9.17, 15) is 14.4 Å². The molecule has 0 radical (unpaired) electrons. The zero-order chi connectivity index (χ0) is 23.2. The van der Waals surface area contributed by atoms with Gasteiger partial charge in [0.05, 0.1) is 11.1 Å². The van der Waals surface area contributed by atoms with Crippen molar-refractivity contribution in [2.75, 3.05) is 17.6 Å². The van der Waals surface area contributed by atoms with E-state index in [4.69, 9.17) is 4.42 Å². The fourth-order valence-electron chi connectivity index (χ4n) is 2.98. The first-order valence-electron chi connectivity index (χ1n) is 9.96. The van der Waals surface area contributed by atoms with Crippen LogP contribution in [0.1, 0.15) is 10.6 Å². The normalized spacial score (nSPS) is 10.7. The van der Waals surface area contributed by atoms with E-state index in [0.29, 0.717) is 32.5 Å². The molecule has 2 heterocycles. The number of thiazole rings is 1. The van der Waals surface area contributed by atoms with Crippen LogP contribution in [0.4, 0.5) is 5.00 Å². The van der Waals surface area contributed by atoms with Gasteiger partial charge in [-0.1, -0.05) is 71.6 Å². The van der Waals surface area contributed by atoms with Crippen molar-refractivity contribution in [3.05, 3.63) is 89.3 Å². The number of carbonyl (C=O) groups is 2. The van der Waals surface area contributed by atoms with E-state index in [1.165, 1.54) is 29.2 Å². The molecule has 0 aliphatic heterocycles. The van der Waals surface area contributed by atoms with Crippen LogP contribution in [0.3, 0.4) is 0 Å². The molecule has 4 aromatic rings. The third-order valence-corrected chi connectivity index (χ3v) is 6.62. The molecule has 0 bridgehead atoms. The number of anilines is 1. The number of aromatic nitrogens is 1. The van der Waals surface area contributed by atoms with Gasteiger partial charge in [0.15, 0.2) is 15.5 Å². The van der Waals surface area contributed by atoms with Crippen LogP contribution in [0, 0.1) is 0 Å². The summed E-state index contributed by atoms with van der Waals surface area (Å²) in [6.45, 7) is 3.97. The number of hydrogen-bond acceptors (Lipinski definition) is 7. The molecular formula is C24H19N3O4S2. The summed E-state index contributed by atoms with van der Waals surface area (Å²) in [6, 6.07) is 17.3. The first-order chi connectivity index (χ1) is 16.0. The second-order valence-electron chi connectivity index (χ2n) is 6.83. The van der Waals surface area contributed by atoms with E-state index in [-0.39, 0.29) is 22.8 Å². The molecule has 2 aromatic carbocycles. The van der Waals surface area contributed by atoms with E-state index in [1.54, 1.807) is 30.3 Å². The van der Waals surface area contributed by atoms with Crippen molar-refractivity contribution >= 4 is 50.9 Å². The largest absolute Gasteiger partial charge is 0.451 e. The fraction of sp³-hybridized carbons (Fsp3) is 0.0833. The maximum atomic E-state index is 12.9. The molecule has 0 aliphatic carbocycles. The molecular weight excluding hydrogens is 458 g/mol. The van der Waals surface area contributed by atoms with E-state index in [2.05, 4.69) is 22.2 Å². The Labute approximate surface area is 197 Å². The van der Waals surface area contributed by atoms with Crippen LogP contribution in [0.25, 0.3) is 22.2 Å². The zero-order valence-corrected chi connectivity index (χ0v) is 19.0. The molecule has 0 spiro atoms. The molecule has 7 nitrogen and oxygen atoms in total. The summed E-state index contributed by atoms with van der Waals surface area (Å²) in [7, 11) is 0. The number of para-hydroxylation sites is 1. The lowest BCUT2D eigenvalue weighted by Crippen LogP contribution is -2.24. The molecule has 166 valence electrons. The highest BCUT2D eigenvalue weighted by Crippen LogP contribution is 2.37. The lowest BCUT2D eigenvalue weighted by Gasteiger charge is -2.05. The summed E-state index contributed by atoms with van der Waals surface area (Å²) in [5.41, 5.74) is 1.43. The van der Waals surface area contributed by atoms with Crippen molar-refractivity contribution in [3.8, 4) is 11.3 Å². The Bertz CT molecular complexity index is 1380.